The van der Waals surface area contributed by atoms with Crippen molar-refractivity contribution in [1.82, 2.24) is 0 Å². The molecule has 41 heavy (non-hydrogen) atoms. The zero-order chi connectivity index (χ0) is 29.4. The molecule has 1 fully saturated rings. The maximum absolute atomic E-state index is 13.0. The summed E-state index contributed by atoms with van der Waals surface area (Å²) in [6, 6.07) is 20.6. The van der Waals surface area contributed by atoms with Crippen molar-refractivity contribution in [2.24, 2.45) is 0 Å². The molecule has 1 aliphatic heterocycles. The molecule has 0 bridgehead atoms. The Morgan fingerprint density at radius 2 is 1.41 bits per heavy atom. The van der Waals surface area contributed by atoms with Crippen LogP contribution in [0, 0.1) is 12.3 Å². The number of carboxylic acids is 2. The Hall–Kier alpha value is -4.94. The summed E-state index contributed by atoms with van der Waals surface area (Å²) in [5, 5.41) is 19.8. The van der Waals surface area contributed by atoms with Gasteiger partial charge in [0.1, 0.15) is 24.9 Å². The van der Waals surface area contributed by atoms with E-state index in [9.17, 15) is 29.4 Å². The smallest absolute Gasteiger partial charge is 0.338 e. The van der Waals surface area contributed by atoms with E-state index in [1.54, 1.807) is 66.7 Å². The molecule has 9 nitrogen and oxygen atoms in total. The molecule has 0 amide bonds. The lowest BCUT2D eigenvalue weighted by Crippen LogP contribution is -2.32. The van der Waals surface area contributed by atoms with Crippen molar-refractivity contribution in [3.05, 3.63) is 107 Å². The van der Waals surface area contributed by atoms with E-state index in [1.165, 1.54) is 12.1 Å². The van der Waals surface area contributed by atoms with E-state index in [-0.39, 0.29) is 35.3 Å². The van der Waals surface area contributed by atoms with Crippen molar-refractivity contribution in [3.8, 4) is 12.3 Å². The number of esters is 2. The van der Waals surface area contributed by atoms with Gasteiger partial charge < -0.3 is 24.4 Å². The van der Waals surface area contributed by atoms with E-state index in [1.807, 2.05) is 0 Å². The van der Waals surface area contributed by atoms with E-state index in [2.05, 4.69) is 5.92 Å². The molecule has 210 valence electrons. The fourth-order valence-corrected chi connectivity index (χ4v) is 4.94. The molecule has 4 rings (SSSR count). The summed E-state index contributed by atoms with van der Waals surface area (Å²) in [5.41, 5.74) is 0.699. The van der Waals surface area contributed by atoms with E-state index in [0.29, 0.717) is 18.4 Å². The number of carboxylic acid groups (broad SMARTS) is 2. The van der Waals surface area contributed by atoms with Crippen LogP contribution >= 0.6 is 0 Å². The van der Waals surface area contributed by atoms with Gasteiger partial charge in [0, 0.05) is 12.8 Å². The van der Waals surface area contributed by atoms with Crippen LogP contribution in [0.2, 0.25) is 0 Å². The molecule has 1 aliphatic rings. The molecule has 1 heterocycles. The highest BCUT2D eigenvalue weighted by molar-refractivity contribution is 5.91. The molecule has 2 N–H and O–H groups in total. The maximum atomic E-state index is 13.0. The van der Waals surface area contributed by atoms with Gasteiger partial charge >= 0.3 is 23.9 Å². The minimum absolute atomic E-state index is 0.00501. The Balaban J connectivity index is 1.78. The van der Waals surface area contributed by atoms with Crippen molar-refractivity contribution in [2.45, 2.75) is 43.5 Å². The number of hydrogen-bond donors (Lipinski definition) is 2. The van der Waals surface area contributed by atoms with Crippen molar-refractivity contribution in [3.63, 3.8) is 0 Å². The van der Waals surface area contributed by atoms with Gasteiger partial charge in [0.15, 0.2) is 0 Å². The number of benzene rings is 3. The standard InChI is InChI=1S/C32H28O9/c1-2-3-5-18-26(33)41-29-27(21-14-8-10-16-23(21)30(34)35)25(19-39-32(38)20-12-6-4-7-13-20)40-28(29)22-15-9-11-17-24(22)31(36)37/h1,4,6-17,25,27-29H,3,5,18-19H2,(H,34,35)(H,36,37)/t25-,27+,28+,29+/m0/s1. The van der Waals surface area contributed by atoms with Crippen LogP contribution in [0.1, 0.15) is 73.5 Å². The molecule has 0 aliphatic carbocycles. The predicted octanol–water partition coefficient (Wildman–Crippen LogP) is 4.88. The zero-order valence-electron chi connectivity index (χ0n) is 22.0. The van der Waals surface area contributed by atoms with Gasteiger partial charge in [0.2, 0.25) is 0 Å². The van der Waals surface area contributed by atoms with E-state index in [0.717, 1.165) is 0 Å². The van der Waals surface area contributed by atoms with Gasteiger partial charge in [0.25, 0.3) is 0 Å². The minimum Gasteiger partial charge on any atom is -0.478 e. The normalized spacial score (nSPS) is 19.6. The summed E-state index contributed by atoms with van der Waals surface area (Å²) in [5.74, 6) is -2.12. The van der Waals surface area contributed by atoms with E-state index in [4.69, 9.17) is 20.6 Å². The largest absolute Gasteiger partial charge is 0.478 e. The maximum Gasteiger partial charge on any atom is 0.338 e. The fourth-order valence-electron chi connectivity index (χ4n) is 4.94. The van der Waals surface area contributed by atoms with Crippen LogP contribution in [-0.2, 0) is 19.0 Å². The molecule has 3 aromatic carbocycles. The third-order valence-electron chi connectivity index (χ3n) is 6.78. The predicted molar refractivity (Wildman–Crippen MR) is 146 cm³/mol. The summed E-state index contributed by atoms with van der Waals surface area (Å²) in [7, 11) is 0. The molecule has 0 saturated carbocycles. The molecule has 0 aromatic heterocycles. The van der Waals surface area contributed by atoms with Gasteiger partial charge in [-0.3, -0.25) is 4.79 Å². The Kier molecular flexibility index (Phi) is 9.51. The van der Waals surface area contributed by atoms with Gasteiger partial charge in [-0.05, 0) is 41.8 Å². The highest BCUT2D eigenvalue weighted by Gasteiger charge is 2.50. The molecular formula is C32H28O9. The molecule has 9 heteroatoms. The number of carbonyl (C=O) groups is 4. The monoisotopic (exact) mass is 556 g/mol. The first-order valence-corrected chi connectivity index (χ1v) is 13.0. The lowest BCUT2D eigenvalue weighted by atomic mass is 9.83. The van der Waals surface area contributed by atoms with E-state index < -0.39 is 48.1 Å². The van der Waals surface area contributed by atoms with Crippen LogP contribution < -0.4 is 0 Å². The summed E-state index contributed by atoms with van der Waals surface area (Å²) < 4.78 is 17.8. The summed E-state index contributed by atoms with van der Waals surface area (Å²) in [6.07, 6.45) is 2.79. The van der Waals surface area contributed by atoms with Crippen LogP contribution in [-0.4, -0.2) is 52.9 Å². The lowest BCUT2D eigenvalue weighted by Gasteiger charge is -2.26. The average molecular weight is 557 g/mol. The summed E-state index contributed by atoms with van der Waals surface area (Å²) in [4.78, 5) is 50.0. The number of terminal acetylenes is 1. The number of aromatic carboxylic acids is 2. The molecular weight excluding hydrogens is 528 g/mol. The number of hydrogen-bond acceptors (Lipinski definition) is 7. The highest BCUT2D eigenvalue weighted by atomic mass is 16.6. The number of ether oxygens (including phenoxy) is 3. The SMILES string of the molecule is C#CCCCC(=O)O[C@@H]1[C@H](c2ccccc2C(=O)O)[C@H](COC(=O)c2ccccc2)O[C@@H]1c1ccccc1C(=O)O. The second-order valence-corrected chi connectivity index (χ2v) is 9.38. The minimum atomic E-state index is -1.22. The van der Waals surface area contributed by atoms with Crippen LogP contribution in [0.25, 0.3) is 0 Å². The van der Waals surface area contributed by atoms with E-state index >= 15 is 0 Å². The van der Waals surface area contributed by atoms with Gasteiger partial charge in [-0.1, -0.05) is 54.6 Å². The summed E-state index contributed by atoms with van der Waals surface area (Å²) in [6.45, 7) is -0.316. The Morgan fingerprint density at radius 3 is 2.05 bits per heavy atom. The molecule has 3 aromatic rings. The second kappa shape index (κ2) is 13.4. The Labute approximate surface area is 236 Å². The topological polar surface area (TPSA) is 136 Å². The van der Waals surface area contributed by atoms with Crippen molar-refractivity contribution >= 4 is 23.9 Å². The third-order valence-corrected chi connectivity index (χ3v) is 6.78. The van der Waals surface area contributed by atoms with Crippen molar-refractivity contribution in [2.75, 3.05) is 6.61 Å². The highest BCUT2D eigenvalue weighted by Crippen LogP contribution is 2.47. The molecule has 0 unspecified atom stereocenters. The second-order valence-electron chi connectivity index (χ2n) is 9.38. The molecule has 0 spiro atoms. The van der Waals surface area contributed by atoms with Gasteiger partial charge in [0.05, 0.1) is 22.6 Å². The molecule has 1 saturated heterocycles. The number of carbonyl (C=O) groups excluding carboxylic acids is 2. The van der Waals surface area contributed by atoms with Gasteiger partial charge in [-0.25, -0.2) is 14.4 Å². The Morgan fingerprint density at radius 1 is 0.829 bits per heavy atom. The van der Waals surface area contributed by atoms with Crippen molar-refractivity contribution < 1.29 is 43.6 Å². The quantitative estimate of drug-likeness (QED) is 0.192. The fraction of sp³-hybridized carbons (Fsp3) is 0.250. The average Bonchev–Trinajstić information content (AvgIpc) is 3.33. The third kappa shape index (κ3) is 6.80. The van der Waals surface area contributed by atoms with Crippen LogP contribution in [0.4, 0.5) is 0 Å². The Bertz CT molecular complexity index is 1460. The first kappa shape index (κ1) is 29.1. The number of rotatable bonds is 11. The van der Waals surface area contributed by atoms with Gasteiger partial charge in [-0.15, -0.1) is 12.3 Å². The van der Waals surface area contributed by atoms with Crippen molar-refractivity contribution in [1.29, 1.82) is 0 Å². The molecule has 4 atom stereocenters. The first-order valence-electron chi connectivity index (χ1n) is 13.0. The number of unbranched alkanes of at least 4 members (excludes halogenated alkanes) is 1. The van der Waals surface area contributed by atoms with Crippen LogP contribution in [0.15, 0.2) is 78.9 Å². The van der Waals surface area contributed by atoms with Gasteiger partial charge in [-0.2, -0.15) is 0 Å². The lowest BCUT2D eigenvalue weighted by molar-refractivity contribution is -0.152. The zero-order valence-corrected chi connectivity index (χ0v) is 22.0. The van der Waals surface area contributed by atoms with Crippen LogP contribution in [0.3, 0.4) is 0 Å². The summed E-state index contributed by atoms with van der Waals surface area (Å²) >= 11 is 0. The van der Waals surface area contributed by atoms with Crippen LogP contribution in [0.5, 0.6) is 0 Å². The first-order chi connectivity index (χ1) is 19.8. The molecule has 0 radical (unpaired) electrons.